The second-order valence-electron chi connectivity index (χ2n) is 5.71. The first-order valence-electron chi connectivity index (χ1n) is 8.05. The number of nitrogens with one attached hydrogen (secondary N) is 1. The normalized spacial score (nSPS) is 15.7. The molecule has 5 nitrogen and oxygen atoms in total. The summed E-state index contributed by atoms with van der Waals surface area (Å²) in [4.78, 5) is 25.5. The average molecular weight is 316 g/mol. The van der Waals surface area contributed by atoms with Crippen LogP contribution in [0.5, 0.6) is 0 Å². The molecule has 1 aromatic carbocycles. The van der Waals surface area contributed by atoms with Gasteiger partial charge >= 0.3 is 12.0 Å². The largest absolute Gasteiger partial charge is 0.466 e. The summed E-state index contributed by atoms with van der Waals surface area (Å²) in [6, 6.07) is 7.92. The molecule has 2 rings (SSSR count). The van der Waals surface area contributed by atoms with Crippen LogP contribution in [0.15, 0.2) is 30.5 Å². The van der Waals surface area contributed by atoms with Gasteiger partial charge in [-0.3, -0.25) is 4.79 Å². The van der Waals surface area contributed by atoms with Gasteiger partial charge in [0.25, 0.3) is 0 Å². The van der Waals surface area contributed by atoms with E-state index < -0.39 is 0 Å². The molecule has 0 aliphatic carbocycles. The standard InChI is InChI=1S/C18H24N2O3/c1-3-23-17(21)16-8-11-20(12-9-16)18(22)19-10-7-15-6-4-5-14(2)13-15/h4-7,10,13,16H,3,8-9,11-12H2,1-2H3,(H,19,22)/b10-7+. The van der Waals surface area contributed by atoms with E-state index in [1.807, 2.05) is 37.3 Å². The van der Waals surface area contributed by atoms with Crippen LogP contribution >= 0.6 is 0 Å². The summed E-state index contributed by atoms with van der Waals surface area (Å²) in [6.07, 6.45) is 4.85. The Labute approximate surface area is 137 Å². The van der Waals surface area contributed by atoms with E-state index >= 15 is 0 Å². The Bertz CT molecular complexity index is 575. The fourth-order valence-corrected chi connectivity index (χ4v) is 2.65. The van der Waals surface area contributed by atoms with E-state index in [0.717, 1.165) is 5.56 Å². The van der Waals surface area contributed by atoms with E-state index in [-0.39, 0.29) is 17.9 Å². The van der Waals surface area contributed by atoms with Gasteiger partial charge in [0.05, 0.1) is 12.5 Å². The highest BCUT2D eigenvalue weighted by Gasteiger charge is 2.27. The number of rotatable bonds is 4. The molecule has 2 amide bonds. The van der Waals surface area contributed by atoms with Crippen molar-refractivity contribution in [2.45, 2.75) is 26.7 Å². The van der Waals surface area contributed by atoms with Gasteiger partial charge < -0.3 is 15.0 Å². The number of nitrogens with zero attached hydrogens (tertiary/aromatic N) is 1. The van der Waals surface area contributed by atoms with Gasteiger partial charge in [0.1, 0.15) is 0 Å². The van der Waals surface area contributed by atoms with Gasteiger partial charge in [-0.05, 0) is 38.3 Å². The number of likely N-dealkylation sites (tertiary alicyclic amines) is 1. The Morgan fingerprint density at radius 1 is 1.35 bits per heavy atom. The molecule has 0 saturated carbocycles. The zero-order valence-electron chi connectivity index (χ0n) is 13.7. The zero-order valence-corrected chi connectivity index (χ0v) is 13.7. The van der Waals surface area contributed by atoms with Gasteiger partial charge in [-0.1, -0.05) is 29.8 Å². The lowest BCUT2D eigenvalue weighted by Gasteiger charge is -2.30. The molecular weight excluding hydrogens is 292 g/mol. The fourth-order valence-electron chi connectivity index (χ4n) is 2.65. The molecule has 1 heterocycles. The first kappa shape index (κ1) is 17.1. The number of carbonyl (C=O) groups is 2. The van der Waals surface area contributed by atoms with Gasteiger partial charge in [0.2, 0.25) is 0 Å². The van der Waals surface area contributed by atoms with Crippen molar-refractivity contribution in [3.8, 4) is 0 Å². The van der Waals surface area contributed by atoms with Crippen molar-refractivity contribution in [3.05, 3.63) is 41.6 Å². The number of esters is 1. The summed E-state index contributed by atoms with van der Waals surface area (Å²) < 4.78 is 5.03. The van der Waals surface area contributed by atoms with Crippen molar-refractivity contribution in [2.24, 2.45) is 5.92 Å². The Kier molecular flexibility index (Phi) is 6.20. The van der Waals surface area contributed by atoms with Crippen LogP contribution in [0.4, 0.5) is 4.79 Å². The van der Waals surface area contributed by atoms with Crippen LogP contribution in [0.25, 0.3) is 6.08 Å². The highest BCUT2D eigenvalue weighted by molar-refractivity contribution is 5.77. The maximum absolute atomic E-state index is 12.1. The van der Waals surface area contributed by atoms with Crippen LogP contribution in [0, 0.1) is 12.8 Å². The van der Waals surface area contributed by atoms with Gasteiger partial charge in [0, 0.05) is 19.3 Å². The minimum Gasteiger partial charge on any atom is -0.466 e. The lowest BCUT2D eigenvalue weighted by molar-refractivity contribution is -0.149. The van der Waals surface area contributed by atoms with Crippen molar-refractivity contribution in [1.82, 2.24) is 10.2 Å². The molecule has 124 valence electrons. The molecular formula is C18H24N2O3. The third kappa shape index (κ3) is 5.13. The van der Waals surface area contributed by atoms with Gasteiger partial charge in [0.15, 0.2) is 0 Å². The molecule has 1 saturated heterocycles. The SMILES string of the molecule is CCOC(=O)C1CCN(C(=O)N/C=C/c2cccc(C)c2)CC1. The second-order valence-corrected chi connectivity index (χ2v) is 5.71. The predicted octanol–water partition coefficient (Wildman–Crippen LogP) is 2.95. The highest BCUT2D eigenvalue weighted by Crippen LogP contribution is 2.18. The molecule has 1 aromatic rings. The summed E-state index contributed by atoms with van der Waals surface area (Å²) in [5.41, 5.74) is 2.23. The molecule has 1 fully saturated rings. The van der Waals surface area contributed by atoms with Gasteiger partial charge in [-0.2, -0.15) is 0 Å². The van der Waals surface area contributed by atoms with E-state index in [0.29, 0.717) is 32.5 Å². The molecule has 0 radical (unpaired) electrons. The zero-order chi connectivity index (χ0) is 16.7. The summed E-state index contributed by atoms with van der Waals surface area (Å²) in [5.74, 6) is -0.228. The van der Waals surface area contributed by atoms with Crippen molar-refractivity contribution in [1.29, 1.82) is 0 Å². The van der Waals surface area contributed by atoms with Crippen LogP contribution in [0.2, 0.25) is 0 Å². The van der Waals surface area contributed by atoms with E-state index in [1.165, 1.54) is 5.56 Å². The Morgan fingerprint density at radius 2 is 2.09 bits per heavy atom. The van der Waals surface area contributed by atoms with Crippen LogP contribution < -0.4 is 5.32 Å². The van der Waals surface area contributed by atoms with Gasteiger partial charge in [-0.15, -0.1) is 0 Å². The number of benzene rings is 1. The highest BCUT2D eigenvalue weighted by atomic mass is 16.5. The third-order valence-corrected chi connectivity index (χ3v) is 3.93. The number of hydrogen-bond acceptors (Lipinski definition) is 3. The number of hydrogen-bond donors (Lipinski definition) is 1. The maximum Gasteiger partial charge on any atom is 0.321 e. The van der Waals surface area contributed by atoms with Crippen molar-refractivity contribution < 1.29 is 14.3 Å². The van der Waals surface area contributed by atoms with Crippen LogP contribution in [-0.4, -0.2) is 36.6 Å². The van der Waals surface area contributed by atoms with Crippen LogP contribution in [0.1, 0.15) is 30.9 Å². The summed E-state index contributed by atoms with van der Waals surface area (Å²) in [6.45, 7) is 5.40. The van der Waals surface area contributed by atoms with Crippen molar-refractivity contribution in [2.75, 3.05) is 19.7 Å². The molecule has 1 N–H and O–H groups in total. The number of ether oxygens (including phenoxy) is 1. The minimum absolute atomic E-state index is 0.0816. The molecule has 0 bridgehead atoms. The maximum atomic E-state index is 12.1. The second kappa shape index (κ2) is 8.36. The van der Waals surface area contributed by atoms with Gasteiger partial charge in [-0.25, -0.2) is 4.79 Å². The van der Waals surface area contributed by atoms with Crippen LogP contribution in [-0.2, 0) is 9.53 Å². The third-order valence-electron chi connectivity index (χ3n) is 3.93. The average Bonchev–Trinajstić information content (AvgIpc) is 2.55. The number of carbonyl (C=O) groups excluding carboxylic acids is 2. The molecule has 1 aliphatic heterocycles. The smallest absolute Gasteiger partial charge is 0.321 e. The fraction of sp³-hybridized carbons (Fsp3) is 0.444. The van der Waals surface area contributed by atoms with E-state index in [9.17, 15) is 9.59 Å². The lowest BCUT2D eigenvalue weighted by Crippen LogP contribution is -2.44. The molecule has 0 aromatic heterocycles. The number of aryl methyl sites for hydroxylation is 1. The van der Waals surface area contributed by atoms with E-state index in [4.69, 9.17) is 4.74 Å². The molecule has 5 heteroatoms. The molecule has 23 heavy (non-hydrogen) atoms. The predicted molar refractivity (Wildman–Crippen MR) is 89.7 cm³/mol. The molecule has 0 atom stereocenters. The number of urea groups is 1. The number of piperidine rings is 1. The molecule has 0 spiro atoms. The monoisotopic (exact) mass is 316 g/mol. The van der Waals surface area contributed by atoms with Crippen molar-refractivity contribution >= 4 is 18.1 Å². The number of amides is 2. The lowest BCUT2D eigenvalue weighted by atomic mass is 9.97. The van der Waals surface area contributed by atoms with Crippen LogP contribution in [0.3, 0.4) is 0 Å². The Hall–Kier alpha value is -2.30. The topological polar surface area (TPSA) is 58.6 Å². The first-order valence-corrected chi connectivity index (χ1v) is 8.05. The Balaban J connectivity index is 1.78. The quantitative estimate of drug-likeness (QED) is 0.869. The van der Waals surface area contributed by atoms with E-state index in [2.05, 4.69) is 5.32 Å². The Morgan fingerprint density at radius 3 is 2.74 bits per heavy atom. The minimum atomic E-state index is -0.146. The summed E-state index contributed by atoms with van der Waals surface area (Å²) in [5, 5.41) is 2.78. The molecule has 1 aliphatic rings. The van der Waals surface area contributed by atoms with Crippen molar-refractivity contribution in [3.63, 3.8) is 0 Å². The summed E-state index contributed by atoms with van der Waals surface area (Å²) >= 11 is 0. The molecule has 0 unspecified atom stereocenters. The van der Waals surface area contributed by atoms with E-state index in [1.54, 1.807) is 18.0 Å². The summed E-state index contributed by atoms with van der Waals surface area (Å²) in [7, 11) is 0. The first-order chi connectivity index (χ1) is 11.1.